The van der Waals surface area contributed by atoms with Gasteiger partial charge in [0.1, 0.15) is 5.69 Å². The molecule has 3 aromatic rings. The number of nitrogens with zero attached hydrogens (tertiary/aromatic N) is 4. The first kappa shape index (κ1) is 16.4. The highest BCUT2D eigenvalue weighted by Crippen LogP contribution is 2.08. The number of hydrogen-bond donors (Lipinski definition) is 1. The molecule has 1 amide bonds. The Balaban J connectivity index is 1.56. The maximum absolute atomic E-state index is 12.0. The summed E-state index contributed by atoms with van der Waals surface area (Å²) in [5, 5.41) is 9.79. The fraction of sp³-hybridized carbons (Fsp3) is 0.105. The summed E-state index contributed by atoms with van der Waals surface area (Å²) in [4.78, 5) is 12.0. The van der Waals surface area contributed by atoms with Gasteiger partial charge in [-0.25, -0.2) is 4.68 Å². The molecule has 6 heteroatoms. The summed E-state index contributed by atoms with van der Waals surface area (Å²) in [6.07, 6.45) is 4.89. The molecule has 1 heterocycles. The van der Waals surface area contributed by atoms with E-state index in [0.29, 0.717) is 12.2 Å². The summed E-state index contributed by atoms with van der Waals surface area (Å²) in [5.41, 5.74) is 5.44. The normalized spacial score (nSPS) is 10.8. The van der Waals surface area contributed by atoms with Gasteiger partial charge in [0, 0.05) is 13.1 Å². The molecule has 0 atom stereocenters. The van der Waals surface area contributed by atoms with Crippen molar-refractivity contribution in [3.05, 3.63) is 84.2 Å². The van der Waals surface area contributed by atoms with Crippen LogP contribution in [0.3, 0.4) is 0 Å². The standard InChI is InChI=1S/C19H19N5O/c1-23(18-10-6-3-7-11-18)21-19(25)13-12-17-15-24(22-20-17)14-16-8-4-2-5-9-16/h2-13,15H,14H2,1H3,(H,21,25)/b13-12+. The van der Waals surface area contributed by atoms with Crippen molar-refractivity contribution in [3.8, 4) is 0 Å². The van der Waals surface area contributed by atoms with Crippen molar-refractivity contribution in [2.24, 2.45) is 0 Å². The van der Waals surface area contributed by atoms with Crippen LogP contribution in [0.5, 0.6) is 0 Å². The zero-order valence-corrected chi connectivity index (χ0v) is 13.9. The molecule has 2 aromatic carbocycles. The van der Waals surface area contributed by atoms with Crippen LogP contribution in [0.4, 0.5) is 5.69 Å². The summed E-state index contributed by atoms with van der Waals surface area (Å²) >= 11 is 0. The quantitative estimate of drug-likeness (QED) is 0.556. The van der Waals surface area contributed by atoms with E-state index in [1.807, 2.05) is 60.7 Å². The molecule has 126 valence electrons. The van der Waals surface area contributed by atoms with Crippen molar-refractivity contribution in [1.82, 2.24) is 20.4 Å². The van der Waals surface area contributed by atoms with E-state index in [-0.39, 0.29) is 5.91 Å². The second kappa shape index (κ2) is 7.92. The van der Waals surface area contributed by atoms with Crippen LogP contribution in [0, 0.1) is 0 Å². The zero-order valence-electron chi connectivity index (χ0n) is 13.9. The minimum atomic E-state index is -0.232. The van der Waals surface area contributed by atoms with E-state index >= 15 is 0 Å². The third kappa shape index (κ3) is 4.78. The van der Waals surface area contributed by atoms with Gasteiger partial charge in [-0.05, 0) is 23.8 Å². The third-order valence-electron chi connectivity index (χ3n) is 3.57. The minimum Gasteiger partial charge on any atom is -0.288 e. The van der Waals surface area contributed by atoms with Gasteiger partial charge in [-0.1, -0.05) is 53.7 Å². The molecule has 6 nitrogen and oxygen atoms in total. The lowest BCUT2D eigenvalue weighted by atomic mass is 10.2. The number of carbonyl (C=O) groups excluding carboxylic acids is 1. The Morgan fingerprint density at radius 1 is 1.12 bits per heavy atom. The van der Waals surface area contributed by atoms with Gasteiger partial charge in [-0.3, -0.25) is 15.2 Å². The number of hydrazine groups is 1. The molecule has 0 saturated heterocycles. The van der Waals surface area contributed by atoms with Crippen LogP contribution in [-0.4, -0.2) is 27.9 Å². The second-order valence-electron chi connectivity index (χ2n) is 5.53. The van der Waals surface area contributed by atoms with E-state index < -0.39 is 0 Å². The summed E-state index contributed by atoms with van der Waals surface area (Å²) in [6, 6.07) is 19.6. The lowest BCUT2D eigenvalue weighted by Crippen LogP contribution is -2.38. The van der Waals surface area contributed by atoms with Gasteiger partial charge >= 0.3 is 0 Å². The van der Waals surface area contributed by atoms with Crippen LogP contribution >= 0.6 is 0 Å². The average Bonchev–Trinajstić information content (AvgIpc) is 3.09. The Bertz CT molecular complexity index is 843. The lowest BCUT2D eigenvalue weighted by molar-refractivity contribution is -0.116. The number of nitrogens with one attached hydrogen (secondary N) is 1. The molecule has 0 aliphatic heterocycles. The van der Waals surface area contributed by atoms with Crippen LogP contribution in [0.1, 0.15) is 11.3 Å². The van der Waals surface area contributed by atoms with Crippen LogP contribution in [-0.2, 0) is 11.3 Å². The Labute approximate surface area is 146 Å². The molecule has 0 bridgehead atoms. The van der Waals surface area contributed by atoms with Crippen LogP contribution in [0.25, 0.3) is 6.08 Å². The highest BCUT2D eigenvalue weighted by Gasteiger charge is 2.03. The van der Waals surface area contributed by atoms with E-state index in [1.54, 1.807) is 29.0 Å². The van der Waals surface area contributed by atoms with E-state index in [1.165, 1.54) is 6.08 Å². The van der Waals surface area contributed by atoms with Gasteiger partial charge in [-0.2, -0.15) is 0 Å². The van der Waals surface area contributed by atoms with Gasteiger partial charge in [-0.15, -0.1) is 5.10 Å². The molecule has 25 heavy (non-hydrogen) atoms. The predicted molar refractivity (Wildman–Crippen MR) is 97.6 cm³/mol. The number of carbonyl (C=O) groups is 1. The number of para-hydroxylation sites is 1. The Kier molecular flexibility index (Phi) is 5.21. The molecule has 0 radical (unpaired) electrons. The lowest BCUT2D eigenvalue weighted by Gasteiger charge is -2.18. The molecule has 0 saturated carbocycles. The van der Waals surface area contributed by atoms with Crippen LogP contribution in [0.2, 0.25) is 0 Å². The van der Waals surface area contributed by atoms with Gasteiger partial charge in [0.2, 0.25) is 0 Å². The molecule has 3 rings (SSSR count). The largest absolute Gasteiger partial charge is 0.288 e. The van der Waals surface area contributed by atoms with Crippen molar-refractivity contribution in [2.45, 2.75) is 6.54 Å². The van der Waals surface area contributed by atoms with E-state index in [9.17, 15) is 4.79 Å². The van der Waals surface area contributed by atoms with Crippen molar-refractivity contribution < 1.29 is 4.79 Å². The van der Waals surface area contributed by atoms with Crippen molar-refractivity contribution >= 4 is 17.7 Å². The molecule has 0 unspecified atom stereocenters. The number of benzene rings is 2. The summed E-state index contributed by atoms with van der Waals surface area (Å²) in [7, 11) is 1.79. The van der Waals surface area contributed by atoms with Gasteiger partial charge in [0.05, 0.1) is 18.4 Å². The molecule has 0 fully saturated rings. The number of anilines is 1. The van der Waals surface area contributed by atoms with Gasteiger partial charge < -0.3 is 0 Å². The average molecular weight is 333 g/mol. The number of aromatic nitrogens is 3. The Hall–Kier alpha value is -3.41. The first-order chi connectivity index (χ1) is 12.2. The SMILES string of the molecule is CN(NC(=O)/C=C/c1cn(Cc2ccccc2)nn1)c1ccccc1. The Morgan fingerprint density at radius 3 is 2.52 bits per heavy atom. The fourth-order valence-electron chi connectivity index (χ4n) is 2.32. The van der Waals surface area contributed by atoms with Crippen molar-refractivity contribution in [3.63, 3.8) is 0 Å². The van der Waals surface area contributed by atoms with E-state index in [2.05, 4.69) is 15.7 Å². The smallest absolute Gasteiger partial charge is 0.262 e. The number of amides is 1. The summed E-state index contributed by atoms with van der Waals surface area (Å²) in [5.74, 6) is -0.232. The molecular weight excluding hydrogens is 314 g/mol. The predicted octanol–water partition coefficient (Wildman–Crippen LogP) is 2.51. The second-order valence-corrected chi connectivity index (χ2v) is 5.53. The van der Waals surface area contributed by atoms with Gasteiger partial charge in [0.25, 0.3) is 5.91 Å². The van der Waals surface area contributed by atoms with E-state index in [0.717, 1.165) is 11.3 Å². The first-order valence-corrected chi connectivity index (χ1v) is 7.92. The Morgan fingerprint density at radius 2 is 1.80 bits per heavy atom. The molecular formula is C19H19N5O. The van der Waals surface area contributed by atoms with Crippen LogP contribution < -0.4 is 10.4 Å². The summed E-state index contributed by atoms with van der Waals surface area (Å²) in [6.45, 7) is 0.643. The molecule has 0 spiro atoms. The highest BCUT2D eigenvalue weighted by atomic mass is 16.2. The maximum atomic E-state index is 12.0. The zero-order chi connectivity index (χ0) is 17.5. The van der Waals surface area contributed by atoms with Crippen molar-refractivity contribution in [2.75, 3.05) is 12.1 Å². The minimum absolute atomic E-state index is 0.232. The monoisotopic (exact) mass is 333 g/mol. The summed E-state index contributed by atoms with van der Waals surface area (Å²) < 4.78 is 1.74. The molecule has 0 aliphatic rings. The molecule has 0 aliphatic carbocycles. The number of hydrogen-bond acceptors (Lipinski definition) is 4. The highest BCUT2D eigenvalue weighted by molar-refractivity contribution is 5.92. The fourth-order valence-corrected chi connectivity index (χ4v) is 2.32. The van der Waals surface area contributed by atoms with Crippen molar-refractivity contribution in [1.29, 1.82) is 0 Å². The third-order valence-corrected chi connectivity index (χ3v) is 3.57. The van der Waals surface area contributed by atoms with Gasteiger partial charge in [0.15, 0.2) is 0 Å². The van der Waals surface area contributed by atoms with Crippen LogP contribution in [0.15, 0.2) is 72.9 Å². The first-order valence-electron chi connectivity index (χ1n) is 7.92. The van der Waals surface area contributed by atoms with E-state index in [4.69, 9.17) is 0 Å². The maximum Gasteiger partial charge on any atom is 0.262 e. The number of rotatable bonds is 6. The topological polar surface area (TPSA) is 63.1 Å². The molecule has 1 N–H and O–H groups in total. The molecule has 1 aromatic heterocycles.